The van der Waals surface area contributed by atoms with Crippen molar-refractivity contribution in [3.05, 3.63) is 34.9 Å². The predicted octanol–water partition coefficient (Wildman–Crippen LogP) is 4.36. The summed E-state index contributed by atoms with van der Waals surface area (Å²) in [4.78, 5) is 29.6. The Hall–Kier alpha value is -2.53. The van der Waals surface area contributed by atoms with Crippen LogP contribution < -0.4 is 0 Å². The Labute approximate surface area is 191 Å². The van der Waals surface area contributed by atoms with Crippen LogP contribution in [-0.2, 0) is 16.9 Å². The molecule has 2 fully saturated rings. The molecule has 2 aliphatic heterocycles. The first kappa shape index (κ1) is 24.6. The number of alkyl halides is 7. The van der Waals surface area contributed by atoms with E-state index < -0.39 is 23.6 Å². The van der Waals surface area contributed by atoms with Gasteiger partial charge in [0, 0.05) is 57.2 Å². The minimum atomic E-state index is -6.15. The molecule has 1 aliphatic carbocycles. The van der Waals surface area contributed by atoms with Crippen LogP contribution in [0.2, 0.25) is 0 Å². The van der Waals surface area contributed by atoms with Crippen molar-refractivity contribution in [1.82, 2.24) is 14.7 Å². The lowest BCUT2D eigenvalue weighted by Crippen LogP contribution is -2.55. The zero-order valence-electron chi connectivity index (χ0n) is 18.3. The van der Waals surface area contributed by atoms with Gasteiger partial charge in [0.15, 0.2) is 0 Å². The number of hydrogen-bond acceptors (Lipinski definition) is 2. The van der Waals surface area contributed by atoms with Gasteiger partial charge >= 0.3 is 24.1 Å². The van der Waals surface area contributed by atoms with Crippen LogP contribution in [0.5, 0.6) is 0 Å². The Balaban J connectivity index is 1.54. The second-order valence-electron chi connectivity index (χ2n) is 9.04. The number of amides is 3. The SMILES string of the molecule is CC(=O)N1CCN(C(=O)N2CCC3c4ccc(C(F)(C(F)(F)F)C(F)(F)F)cc4CCC32)CC1. The van der Waals surface area contributed by atoms with Crippen molar-refractivity contribution in [2.75, 3.05) is 32.7 Å². The van der Waals surface area contributed by atoms with Crippen molar-refractivity contribution >= 4 is 11.9 Å². The maximum atomic E-state index is 14.5. The van der Waals surface area contributed by atoms with E-state index in [4.69, 9.17) is 0 Å². The zero-order valence-corrected chi connectivity index (χ0v) is 18.3. The van der Waals surface area contributed by atoms with Crippen molar-refractivity contribution in [2.45, 2.75) is 56.2 Å². The van der Waals surface area contributed by atoms with E-state index >= 15 is 0 Å². The molecule has 188 valence electrons. The molecule has 5 nitrogen and oxygen atoms in total. The van der Waals surface area contributed by atoms with Gasteiger partial charge in [-0.15, -0.1) is 0 Å². The van der Waals surface area contributed by atoms with Gasteiger partial charge in [0.05, 0.1) is 0 Å². The van der Waals surface area contributed by atoms with E-state index in [-0.39, 0.29) is 35.9 Å². The Morgan fingerprint density at radius 1 is 0.853 bits per heavy atom. The Morgan fingerprint density at radius 3 is 2.00 bits per heavy atom. The molecule has 2 atom stereocenters. The number of likely N-dealkylation sites (tertiary alicyclic amines) is 1. The van der Waals surface area contributed by atoms with Crippen molar-refractivity contribution < 1.29 is 40.3 Å². The number of fused-ring (bicyclic) bond motifs is 3. The molecule has 3 aliphatic rings. The van der Waals surface area contributed by atoms with Gasteiger partial charge in [-0.2, -0.15) is 26.3 Å². The summed E-state index contributed by atoms with van der Waals surface area (Å²) in [5.41, 5.74) is -6.12. The van der Waals surface area contributed by atoms with Crippen LogP contribution in [0.25, 0.3) is 0 Å². The number of nitrogens with zero attached hydrogens (tertiary/aromatic N) is 3. The number of benzene rings is 1. The predicted molar refractivity (Wildman–Crippen MR) is 107 cm³/mol. The Bertz CT molecular complexity index is 956. The number of urea groups is 1. The fourth-order valence-electron chi connectivity index (χ4n) is 5.39. The summed E-state index contributed by atoms with van der Waals surface area (Å²) in [6.45, 7) is 3.50. The van der Waals surface area contributed by atoms with Crippen LogP contribution in [0.15, 0.2) is 18.2 Å². The molecule has 0 saturated carbocycles. The van der Waals surface area contributed by atoms with Crippen LogP contribution >= 0.6 is 0 Å². The number of hydrogen-bond donors (Lipinski definition) is 0. The number of carbonyl (C=O) groups is 2. The van der Waals surface area contributed by atoms with Gasteiger partial charge in [0.2, 0.25) is 5.91 Å². The molecular weight excluding hydrogens is 471 g/mol. The van der Waals surface area contributed by atoms with Gasteiger partial charge < -0.3 is 14.7 Å². The maximum absolute atomic E-state index is 14.5. The fourth-order valence-corrected chi connectivity index (χ4v) is 5.39. The molecule has 12 heteroatoms. The third kappa shape index (κ3) is 3.88. The quantitative estimate of drug-likeness (QED) is 0.544. The second kappa shape index (κ2) is 8.30. The lowest BCUT2D eigenvalue weighted by atomic mass is 9.77. The normalized spacial score (nSPS) is 23.6. The summed E-state index contributed by atoms with van der Waals surface area (Å²) in [7, 11) is 0. The molecule has 0 aromatic heterocycles. The van der Waals surface area contributed by atoms with E-state index in [1.807, 2.05) is 0 Å². The number of piperazine rings is 1. The molecule has 34 heavy (non-hydrogen) atoms. The lowest BCUT2D eigenvalue weighted by Gasteiger charge is -2.39. The molecule has 0 N–H and O–H groups in total. The minimum absolute atomic E-state index is 0.0649. The van der Waals surface area contributed by atoms with Crippen molar-refractivity contribution in [1.29, 1.82) is 0 Å². The standard InChI is InChI=1S/C22H24F7N3O2/c1-13(33)30-8-10-31(11-9-30)19(34)32-7-6-17-16-4-3-15(12-14(16)2-5-18(17)32)20(23,21(24,25)26)22(27,28)29/h3-4,12,17-18H,2,5-11H2,1H3. The smallest absolute Gasteiger partial charge is 0.339 e. The van der Waals surface area contributed by atoms with Gasteiger partial charge in [0.1, 0.15) is 0 Å². The first-order valence-electron chi connectivity index (χ1n) is 11.0. The lowest BCUT2D eigenvalue weighted by molar-refractivity contribution is -0.348. The maximum Gasteiger partial charge on any atom is 0.435 e. The van der Waals surface area contributed by atoms with Crippen LogP contribution in [-0.4, -0.2) is 77.8 Å². The molecular formula is C22H24F7N3O2. The molecule has 4 rings (SSSR count). The van der Waals surface area contributed by atoms with E-state index in [2.05, 4.69) is 0 Å². The minimum Gasteiger partial charge on any atom is -0.339 e. The van der Waals surface area contributed by atoms with Gasteiger partial charge in [-0.1, -0.05) is 18.2 Å². The molecule has 0 spiro atoms. The Morgan fingerprint density at radius 2 is 1.44 bits per heavy atom. The highest BCUT2D eigenvalue weighted by Crippen LogP contribution is 2.54. The van der Waals surface area contributed by atoms with Crippen molar-refractivity contribution in [3.8, 4) is 0 Å². The van der Waals surface area contributed by atoms with Crippen LogP contribution in [0.1, 0.15) is 42.4 Å². The summed E-state index contributed by atoms with van der Waals surface area (Å²) < 4.78 is 93.4. The average Bonchev–Trinajstić information content (AvgIpc) is 3.20. The van der Waals surface area contributed by atoms with E-state index in [1.54, 1.807) is 14.7 Å². The van der Waals surface area contributed by atoms with Crippen LogP contribution in [0.3, 0.4) is 0 Å². The van der Waals surface area contributed by atoms with Crippen LogP contribution in [0.4, 0.5) is 35.5 Å². The van der Waals surface area contributed by atoms with Gasteiger partial charge in [-0.3, -0.25) is 4.79 Å². The number of carbonyl (C=O) groups excluding carboxylic acids is 2. The zero-order chi connectivity index (χ0) is 25.1. The molecule has 2 heterocycles. The van der Waals surface area contributed by atoms with E-state index in [0.717, 1.165) is 6.07 Å². The average molecular weight is 495 g/mol. The fraction of sp³-hybridized carbons (Fsp3) is 0.636. The number of aryl methyl sites for hydroxylation is 1. The second-order valence-corrected chi connectivity index (χ2v) is 9.04. The molecule has 2 saturated heterocycles. The third-order valence-electron chi connectivity index (χ3n) is 7.22. The highest BCUT2D eigenvalue weighted by molar-refractivity contribution is 5.77. The molecule has 2 unspecified atom stereocenters. The summed E-state index contributed by atoms with van der Waals surface area (Å²) in [6.07, 6.45) is -11.3. The monoisotopic (exact) mass is 495 g/mol. The summed E-state index contributed by atoms with van der Waals surface area (Å²) in [5, 5.41) is 0. The molecule has 0 bridgehead atoms. The van der Waals surface area contributed by atoms with Gasteiger partial charge in [-0.05, 0) is 30.4 Å². The molecule has 0 radical (unpaired) electrons. The number of halogens is 7. The summed E-state index contributed by atoms with van der Waals surface area (Å²) >= 11 is 0. The topological polar surface area (TPSA) is 43.9 Å². The summed E-state index contributed by atoms with van der Waals surface area (Å²) in [6, 6.07) is 1.96. The van der Waals surface area contributed by atoms with E-state index in [9.17, 15) is 40.3 Å². The summed E-state index contributed by atoms with van der Waals surface area (Å²) in [5.74, 6) is -0.309. The highest BCUT2D eigenvalue weighted by atomic mass is 19.4. The Kier molecular flexibility index (Phi) is 6.00. The number of rotatable bonds is 1. The largest absolute Gasteiger partial charge is 0.435 e. The van der Waals surface area contributed by atoms with Crippen LogP contribution in [0, 0.1) is 0 Å². The van der Waals surface area contributed by atoms with Gasteiger partial charge in [-0.25, -0.2) is 9.18 Å². The molecule has 1 aromatic rings. The first-order valence-corrected chi connectivity index (χ1v) is 11.0. The molecule has 1 aromatic carbocycles. The van der Waals surface area contributed by atoms with Crippen molar-refractivity contribution in [2.24, 2.45) is 0 Å². The highest BCUT2D eigenvalue weighted by Gasteiger charge is 2.73. The van der Waals surface area contributed by atoms with E-state index in [1.165, 1.54) is 6.92 Å². The van der Waals surface area contributed by atoms with Gasteiger partial charge in [0.25, 0.3) is 0 Å². The van der Waals surface area contributed by atoms with E-state index in [0.29, 0.717) is 63.3 Å². The molecule has 3 amide bonds. The first-order chi connectivity index (χ1) is 15.8. The van der Waals surface area contributed by atoms with Crippen molar-refractivity contribution in [3.63, 3.8) is 0 Å². The third-order valence-corrected chi connectivity index (χ3v) is 7.22.